The molecule has 1 aliphatic heterocycles. The Morgan fingerprint density at radius 3 is 3.00 bits per heavy atom. The van der Waals surface area contributed by atoms with Gasteiger partial charge in [0.15, 0.2) is 5.84 Å². The highest BCUT2D eigenvalue weighted by atomic mass is 35.5. The Kier molecular flexibility index (Phi) is 2.97. The number of nitrogens with zero attached hydrogens (tertiary/aromatic N) is 3. The van der Waals surface area contributed by atoms with Crippen LogP contribution in [0.3, 0.4) is 0 Å². The van der Waals surface area contributed by atoms with Gasteiger partial charge >= 0.3 is 0 Å². The van der Waals surface area contributed by atoms with Gasteiger partial charge in [-0.15, -0.1) is 17.5 Å². The second kappa shape index (κ2) is 4.00. The van der Waals surface area contributed by atoms with Crippen LogP contribution in [-0.2, 0) is 0 Å². The molecule has 1 unspecified atom stereocenters. The predicted octanol–water partition coefficient (Wildman–Crippen LogP) is 1.77. The molecule has 68 valence electrons. The van der Waals surface area contributed by atoms with E-state index in [-0.39, 0.29) is 18.3 Å². The van der Waals surface area contributed by atoms with Crippen LogP contribution in [0.4, 0.5) is 0 Å². The van der Waals surface area contributed by atoms with Crippen LogP contribution in [0, 0.1) is 5.92 Å². The minimum atomic E-state index is 0. The number of nitrogens with two attached hydrogens (primary N) is 1. The summed E-state index contributed by atoms with van der Waals surface area (Å²) in [6, 6.07) is 0. The second-order valence-corrected chi connectivity index (χ2v) is 2.55. The molecule has 1 heterocycles. The van der Waals surface area contributed by atoms with Gasteiger partial charge in [-0.2, -0.15) is 10.2 Å². The van der Waals surface area contributed by atoms with Crippen molar-refractivity contribution in [2.45, 2.75) is 0 Å². The molecule has 1 atom stereocenters. The van der Waals surface area contributed by atoms with E-state index < -0.39 is 0 Å². The van der Waals surface area contributed by atoms with Gasteiger partial charge in [0.05, 0.1) is 12.1 Å². The molecule has 0 radical (unpaired) electrons. The Morgan fingerprint density at radius 2 is 2.23 bits per heavy atom. The van der Waals surface area contributed by atoms with Crippen molar-refractivity contribution >= 4 is 18.2 Å². The first-order valence-corrected chi connectivity index (χ1v) is 3.65. The van der Waals surface area contributed by atoms with E-state index in [0.29, 0.717) is 5.84 Å². The van der Waals surface area contributed by atoms with Crippen LogP contribution in [0.25, 0.3) is 0 Å². The van der Waals surface area contributed by atoms with Gasteiger partial charge in [0, 0.05) is 0 Å². The maximum Gasteiger partial charge on any atom is 0.181 e. The lowest BCUT2D eigenvalue weighted by Crippen LogP contribution is -2.16. The Morgan fingerprint density at radius 1 is 1.38 bits per heavy atom. The van der Waals surface area contributed by atoms with Gasteiger partial charge < -0.3 is 5.84 Å². The average Bonchev–Trinajstić information content (AvgIpc) is 2.17. The molecular weight excluding hydrogens is 188 g/mol. The summed E-state index contributed by atoms with van der Waals surface area (Å²) in [5, 5.41) is 11.2. The molecule has 1 aliphatic carbocycles. The molecule has 2 rings (SSSR count). The van der Waals surface area contributed by atoms with E-state index in [1.807, 2.05) is 24.3 Å². The standard InChI is InChI=1S/C8H8N4.ClH/c9-11-8-7-4-2-1-3-6(7)5-10-12-8;/h1-5,7H,9H2;1H. The minimum absolute atomic E-state index is 0. The Bertz CT molecular complexity index is 338. The largest absolute Gasteiger partial charge is 0.321 e. The van der Waals surface area contributed by atoms with Crippen molar-refractivity contribution in [3.05, 3.63) is 36.1 Å². The van der Waals surface area contributed by atoms with Crippen molar-refractivity contribution in [1.82, 2.24) is 0 Å². The lowest BCUT2D eigenvalue weighted by Gasteiger charge is -2.16. The van der Waals surface area contributed by atoms with Gasteiger partial charge in [0.1, 0.15) is 0 Å². The van der Waals surface area contributed by atoms with Crippen molar-refractivity contribution in [1.29, 1.82) is 0 Å². The monoisotopic (exact) mass is 196 g/mol. The number of halogens is 1. The van der Waals surface area contributed by atoms with Crippen LogP contribution in [0.5, 0.6) is 0 Å². The van der Waals surface area contributed by atoms with Gasteiger partial charge in [-0.1, -0.05) is 24.3 Å². The zero-order valence-electron chi connectivity index (χ0n) is 6.79. The van der Waals surface area contributed by atoms with Crippen molar-refractivity contribution in [3.63, 3.8) is 0 Å². The second-order valence-electron chi connectivity index (χ2n) is 2.55. The molecule has 0 aromatic carbocycles. The zero-order chi connectivity index (χ0) is 8.39. The first-order chi connectivity index (χ1) is 5.92. The number of hydrazone groups is 1. The highest BCUT2D eigenvalue weighted by molar-refractivity contribution is 5.90. The molecule has 0 bridgehead atoms. The molecule has 0 spiro atoms. The summed E-state index contributed by atoms with van der Waals surface area (Å²) in [7, 11) is 0. The van der Waals surface area contributed by atoms with Crippen molar-refractivity contribution < 1.29 is 0 Å². The van der Waals surface area contributed by atoms with Crippen LogP contribution >= 0.6 is 12.4 Å². The maximum absolute atomic E-state index is 5.16. The van der Waals surface area contributed by atoms with E-state index in [0.717, 1.165) is 5.57 Å². The first-order valence-electron chi connectivity index (χ1n) is 3.65. The lowest BCUT2D eigenvalue weighted by atomic mass is 9.94. The smallest absolute Gasteiger partial charge is 0.181 e. The quantitative estimate of drug-likeness (QED) is 0.466. The summed E-state index contributed by atoms with van der Waals surface area (Å²) in [6.45, 7) is 0. The SMILES string of the molecule is Cl.NN=C1N=NC=C2C=CC=CC21. The number of allylic oxidation sites excluding steroid dienone is 3. The Hall–Kier alpha value is -1.42. The maximum atomic E-state index is 5.16. The van der Waals surface area contributed by atoms with Crippen LogP contribution < -0.4 is 5.84 Å². The van der Waals surface area contributed by atoms with Gasteiger partial charge in [-0.05, 0) is 5.57 Å². The van der Waals surface area contributed by atoms with Crippen molar-refractivity contribution in [3.8, 4) is 0 Å². The summed E-state index contributed by atoms with van der Waals surface area (Å²) in [6.07, 6.45) is 9.61. The number of hydrogen-bond acceptors (Lipinski definition) is 3. The van der Waals surface area contributed by atoms with Gasteiger partial charge in [-0.25, -0.2) is 0 Å². The minimum Gasteiger partial charge on any atom is -0.321 e. The summed E-state index contributed by atoms with van der Waals surface area (Å²) >= 11 is 0. The van der Waals surface area contributed by atoms with E-state index in [1.54, 1.807) is 6.20 Å². The van der Waals surface area contributed by atoms with Crippen LogP contribution in [0.15, 0.2) is 51.4 Å². The number of hydrogen-bond donors (Lipinski definition) is 1. The fourth-order valence-electron chi connectivity index (χ4n) is 1.24. The lowest BCUT2D eigenvalue weighted by molar-refractivity contribution is 0.945. The normalized spacial score (nSPS) is 26.6. The highest BCUT2D eigenvalue weighted by Gasteiger charge is 2.20. The predicted molar refractivity (Wildman–Crippen MR) is 53.6 cm³/mol. The molecule has 0 saturated heterocycles. The Balaban J connectivity index is 0.000000845. The van der Waals surface area contributed by atoms with Gasteiger partial charge in [-0.3, -0.25) is 0 Å². The number of fused-ring (bicyclic) bond motifs is 1. The number of amidine groups is 1. The summed E-state index contributed by atoms with van der Waals surface area (Å²) in [5.74, 6) is 5.82. The van der Waals surface area contributed by atoms with Crippen LogP contribution in [-0.4, -0.2) is 5.84 Å². The molecule has 13 heavy (non-hydrogen) atoms. The summed E-state index contributed by atoms with van der Waals surface area (Å²) in [5.41, 5.74) is 1.08. The zero-order valence-corrected chi connectivity index (χ0v) is 7.61. The Labute approximate surface area is 82.0 Å². The molecule has 0 aromatic rings. The van der Waals surface area contributed by atoms with E-state index in [4.69, 9.17) is 5.84 Å². The number of azo groups is 1. The fourth-order valence-corrected chi connectivity index (χ4v) is 1.24. The molecule has 5 heteroatoms. The molecule has 0 aromatic heterocycles. The molecule has 0 fully saturated rings. The van der Waals surface area contributed by atoms with Crippen molar-refractivity contribution in [2.75, 3.05) is 0 Å². The summed E-state index contributed by atoms with van der Waals surface area (Å²) < 4.78 is 0. The highest BCUT2D eigenvalue weighted by Crippen LogP contribution is 2.23. The molecule has 4 nitrogen and oxygen atoms in total. The average molecular weight is 197 g/mol. The van der Waals surface area contributed by atoms with E-state index in [9.17, 15) is 0 Å². The van der Waals surface area contributed by atoms with E-state index in [2.05, 4.69) is 15.3 Å². The van der Waals surface area contributed by atoms with Crippen molar-refractivity contribution in [2.24, 2.45) is 27.1 Å². The molecular formula is C8H9ClN4. The van der Waals surface area contributed by atoms with E-state index in [1.165, 1.54) is 0 Å². The molecule has 2 N–H and O–H groups in total. The first kappa shape index (κ1) is 9.67. The summed E-state index contributed by atoms with van der Waals surface area (Å²) in [4.78, 5) is 0. The third kappa shape index (κ3) is 1.67. The molecule has 2 aliphatic rings. The topological polar surface area (TPSA) is 63.1 Å². The molecule has 0 saturated carbocycles. The van der Waals surface area contributed by atoms with Gasteiger partial charge in [0.25, 0.3) is 0 Å². The van der Waals surface area contributed by atoms with E-state index >= 15 is 0 Å². The van der Waals surface area contributed by atoms with Crippen LogP contribution in [0.2, 0.25) is 0 Å². The van der Waals surface area contributed by atoms with Crippen LogP contribution in [0.1, 0.15) is 0 Å². The third-order valence-corrected chi connectivity index (χ3v) is 1.84. The number of rotatable bonds is 0. The fraction of sp³-hybridized carbons (Fsp3) is 0.125. The molecule has 0 amide bonds. The third-order valence-electron chi connectivity index (χ3n) is 1.84. The van der Waals surface area contributed by atoms with Gasteiger partial charge in [0.2, 0.25) is 0 Å².